The lowest BCUT2D eigenvalue weighted by atomic mass is 10.1. The van der Waals surface area contributed by atoms with E-state index >= 15 is 0 Å². The molecule has 0 atom stereocenters. The second kappa shape index (κ2) is 4.93. The van der Waals surface area contributed by atoms with E-state index in [0.717, 1.165) is 17.0 Å². The van der Waals surface area contributed by atoms with Crippen LogP contribution in [0, 0.1) is 13.8 Å². The zero-order valence-electron chi connectivity index (χ0n) is 9.37. The van der Waals surface area contributed by atoms with E-state index in [4.69, 9.17) is 5.11 Å². The summed E-state index contributed by atoms with van der Waals surface area (Å²) in [5.74, 6) is -0.00310. The Morgan fingerprint density at radius 2 is 2.20 bits per heavy atom. The number of aromatic nitrogens is 2. The first-order valence-electron chi connectivity index (χ1n) is 4.91. The van der Waals surface area contributed by atoms with E-state index in [-0.39, 0.29) is 12.5 Å². The van der Waals surface area contributed by atoms with Crippen LogP contribution in [0.25, 0.3) is 0 Å². The van der Waals surface area contributed by atoms with Crippen LogP contribution in [-0.4, -0.2) is 46.3 Å². The quantitative estimate of drug-likeness (QED) is 0.737. The van der Waals surface area contributed by atoms with Gasteiger partial charge in [0.1, 0.15) is 0 Å². The maximum absolute atomic E-state index is 11.7. The topological polar surface area (TPSA) is 69.2 Å². The van der Waals surface area contributed by atoms with E-state index in [2.05, 4.69) is 10.2 Å². The van der Waals surface area contributed by atoms with Crippen molar-refractivity contribution in [1.29, 1.82) is 0 Å². The van der Waals surface area contributed by atoms with Crippen LogP contribution in [0.1, 0.15) is 17.0 Å². The van der Waals surface area contributed by atoms with Crippen LogP contribution in [0.3, 0.4) is 0 Å². The molecule has 1 heterocycles. The largest absolute Gasteiger partial charge is 0.395 e. The molecular formula is C10H17N3O2. The highest BCUT2D eigenvalue weighted by molar-refractivity contribution is 5.79. The summed E-state index contributed by atoms with van der Waals surface area (Å²) in [7, 11) is 1.68. The summed E-state index contributed by atoms with van der Waals surface area (Å²) in [6.07, 6.45) is 0.338. The second-order valence-electron chi connectivity index (χ2n) is 3.63. The van der Waals surface area contributed by atoms with E-state index in [0.29, 0.717) is 13.0 Å². The number of aryl methyl sites for hydroxylation is 2. The molecule has 0 spiro atoms. The smallest absolute Gasteiger partial charge is 0.226 e. The molecule has 0 aliphatic rings. The Morgan fingerprint density at radius 1 is 1.53 bits per heavy atom. The van der Waals surface area contributed by atoms with Gasteiger partial charge in [0.05, 0.1) is 18.7 Å². The number of hydrogen-bond acceptors (Lipinski definition) is 3. The summed E-state index contributed by atoms with van der Waals surface area (Å²) in [4.78, 5) is 13.2. The molecule has 0 unspecified atom stereocenters. The minimum Gasteiger partial charge on any atom is -0.395 e. The fourth-order valence-corrected chi connectivity index (χ4v) is 1.40. The van der Waals surface area contributed by atoms with E-state index in [1.54, 1.807) is 7.05 Å². The van der Waals surface area contributed by atoms with E-state index in [9.17, 15) is 4.79 Å². The number of likely N-dealkylation sites (N-methyl/N-ethyl adjacent to an activating group) is 1. The number of carbonyl (C=O) groups excluding carboxylic acids is 1. The van der Waals surface area contributed by atoms with Crippen molar-refractivity contribution in [3.05, 3.63) is 17.0 Å². The Hall–Kier alpha value is -1.36. The van der Waals surface area contributed by atoms with Crippen LogP contribution in [0.5, 0.6) is 0 Å². The van der Waals surface area contributed by atoms with Gasteiger partial charge in [-0.2, -0.15) is 5.10 Å². The molecule has 0 aromatic carbocycles. The van der Waals surface area contributed by atoms with Gasteiger partial charge >= 0.3 is 0 Å². The number of nitrogens with one attached hydrogen (secondary N) is 1. The zero-order chi connectivity index (χ0) is 11.4. The average Bonchev–Trinajstić information content (AvgIpc) is 2.49. The molecule has 0 fully saturated rings. The van der Waals surface area contributed by atoms with Gasteiger partial charge in [0, 0.05) is 24.8 Å². The third kappa shape index (κ3) is 2.79. The molecule has 84 valence electrons. The molecular weight excluding hydrogens is 194 g/mol. The first-order valence-corrected chi connectivity index (χ1v) is 4.91. The van der Waals surface area contributed by atoms with Crippen molar-refractivity contribution in [1.82, 2.24) is 15.1 Å². The minimum absolute atomic E-state index is 0.00310. The molecule has 0 radical (unpaired) electrons. The third-order valence-corrected chi connectivity index (χ3v) is 2.47. The molecule has 0 aliphatic carbocycles. The zero-order valence-corrected chi connectivity index (χ0v) is 9.37. The lowest BCUT2D eigenvalue weighted by Crippen LogP contribution is -2.31. The van der Waals surface area contributed by atoms with E-state index in [1.807, 2.05) is 13.8 Å². The molecule has 1 amide bonds. The number of aromatic amines is 1. The first kappa shape index (κ1) is 11.7. The Balaban J connectivity index is 2.66. The average molecular weight is 211 g/mol. The van der Waals surface area contributed by atoms with Crippen molar-refractivity contribution < 1.29 is 9.90 Å². The van der Waals surface area contributed by atoms with Gasteiger partial charge < -0.3 is 10.0 Å². The Bertz CT molecular complexity index is 327. The SMILES string of the molecule is Cc1n[nH]c(C)c1CC(=O)N(C)CCO. The van der Waals surface area contributed by atoms with Crippen molar-refractivity contribution in [3.63, 3.8) is 0 Å². The Kier molecular flexibility index (Phi) is 3.85. The number of rotatable bonds is 4. The predicted octanol–water partition coefficient (Wildman–Crippen LogP) is 0.0197. The van der Waals surface area contributed by atoms with Crippen molar-refractivity contribution in [2.24, 2.45) is 0 Å². The highest BCUT2D eigenvalue weighted by Crippen LogP contribution is 2.10. The number of aliphatic hydroxyl groups excluding tert-OH is 1. The van der Waals surface area contributed by atoms with Gasteiger partial charge in [-0.05, 0) is 13.8 Å². The van der Waals surface area contributed by atoms with Crippen molar-refractivity contribution in [2.75, 3.05) is 20.2 Å². The fraction of sp³-hybridized carbons (Fsp3) is 0.600. The van der Waals surface area contributed by atoms with Gasteiger partial charge in [0.25, 0.3) is 0 Å². The molecule has 0 bridgehead atoms. The number of amides is 1. The summed E-state index contributed by atoms with van der Waals surface area (Å²) < 4.78 is 0. The number of nitrogens with zero attached hydrogens (tertiary/aromatic N) is 2. The highest BCUT2D eigenvalue weighted by Gasteiger charge is 2.14. The van der Waals surface area contributed by atoms with Gasteiger partial charge in [0.15, 0.2) is 0 Å². The van der Waals surface area contributed by atoms with Gasteiger partial charge in [0.2, 0.25) is 5.91 Å². The summed E-state index contributed by atoms with van der Waals surface area (Å²) in [5, 5.41) is 15.6. The Morgan fingerprint density at radius 3 is 2.67 bits per heavy atom. The summed E-state index contributed by atoms with van der Waals surface area (Å²) in [6, 6.07) is 0. The predicted molar refractivity (Wildman–Crippen MR) is 56.5 cm³/mol. The number of carbonyl (C=O) groups is 1. The first-order chi connectivity index (χ1) is 7.06. The molecule has 1 rings (SSSR count). The summed E-state index contributed by atoms with van der Waals surface area (Å²) >= 11 is 0. The molecule has 2 N–H and O–H groups in total. The van der Waals surface area contributed by atoms with Gasteiger partial charge in [-0.25, -0.2) is 0 Å². The molecule has 1 aromatic heterocycles. The molecule has 0 aliphatic heterocycles. The minimum atomic E-state index is -0.00834. The normalized spacial score (nSPS) is 10.4. The third-order valence-electron chi connectivity index (χ3n) is 2.47. The fourth-order valence-electron chi connectivity index (χ4n) is 1.40. The highest BCUT2D eigenvalue weighted by atomic mass is 16.3. The lowest BCUT2D eigenvalue weighted by Gasteiger charge is -2.15. The molecule has 5 nitrogen and oxygen atoms in total. The van der Waals surface area contributed by atoms with Crippen LogP contribution in [0.2, 0.25) is 0 Å². The Labute approximate surface area is 89.1 Å². The molecule has 0 saturated heterocycles. The van der Waals surface area contributed by atoms with Gasteiger partial charge in [-0.15, -0.1) is 0 Å². The van der Waals surface area contributed by atoms with Gasteiger partial charge in [-0.3, -0.25) is 9.89 Å². The maximum Gasteiger partial charge on any atom is 0.226 e. The van der Waals surface area contributed by atoms with Crippen molar-refractivity contribution >= 4 is 5.91 Å². The number of aliphatic hydroxyl groups is 1. The molecule has 15 heavy (non-hydrogen) atoms. The number of H-pyrrole nitrogens is 1. The van der Waals surface area contributed by atoms with Crippen LogP contribution in [0.15, 0.2) is 0 Å². The van der Waals surface area contributed by atoms with Crippen LogP contribution in [-0.2, 0) is 11.2 Å². The van der Waals surface area contributed by atoms with Crippen LogP contribution >= 0.6 is 0 Å². The maximum atomic E-state index is 11.7. The molecule has 0 saturated carbocycles. The molecule has 1 aromatic rings. The van der Waals surface area contributed by atoms with Gasteiger partial charge in [-0.1, -0.05) is 0 Å². The standard InChI is InChI=1S/C10H17N3O2/c1-7-9(8(2)12-11-7)6-10(15)13(3)4-5-14/h14H,4-6H2,1-3H3,(H,11,12). The monoisotopic (exact) mass is 211 g/mol. The lowest BCUT2D eigenvalue weighted by molar-refractivity contribution is -0.129. The second-order valence-corrected chi connectivity index (χ2v) is 3.63. The summed E-state index contributed by atoms with van der Waals surface area (Å²) in [5.41, 5.74) is 2.74. The van der Waals surface area contributed by atoms with Crippen LogP contribution < -0.4 is 0 Å². The van der Waals surface area contributed by atoms with E-state index in [1.165, 1.54) is 4.90 Å². The van der Waals surface area contributed by atoms with Crippen LogP contribution in [0.4, 0.5) is 0 Å². The number of hydrogen-bond donors (Lipinski definition) is 2. The molecule has 5 heteroatoms. The summed E-state index contributed by atoms with van der Waals surface area (Å²) in [6.45, 7) is 4.13. The van der Waals surface area contributed by atoms with Crippen molar-refractivity contribution in [2.45, 2.75) is 20.3 Å². The van der Waals surface area contributed by atoms with E-state index < -0.39 is 0 Å². The van der Waals surface area contributed by atoms with Crippen molar-refractivity contribution in [3.8, 4) is 0 Å².